The maximum atomic E-state index is 13.2. The maximum absolute atomic E-state index is 13.2. The van der Waals surface area contributed by atoms with Crippen molar-refractivity contribution in [3.63, 3.8) is 0 Å². The van der Waals surface area contributed by atoms with E-state index in [0.29, 0.717) is 14.8 Å². The molecule has 160 valence electrons. The van der Waals surface area contributed by atoms with Crippen LogP contribution in [0.15, 0.2) is 42.0 Å². The zero-order valence-electron chi connectivity index (χ0n) is 16.5. The molecule has 2 aromatic carbocycles. The summed E-state index contributed by atoms with van der Waals surface area (Å²) in [6.45, 7) is 1.31. The Bertz CT molecular complexity index is 1130. The average Bonchev–Trinajstić information content (AvgIpc) is 2.71. The first-order valence-electron chi connectivity index (χ1n) is 8.92. The number of hydrogen-bond donors (Lipinski definition) is 2. The number of para-hydroxylation sites is 1. The van der Waals surface area contributed by atoms with Crippen LogP contribution in [-0.2, 0) is 14.4 Å². The predicted octanol–water partition coefficient (Wildman–Crippen LogP) is 2.90. The molecule has 0 spiro atoms. The summed E-state index contributed by atoms with van der Waals surface area (Å²) in [7, 11) is 1.41. The zero-order chi connectivity index (χ0) is 22.7. The quantitative estimate of drug-likeness (QED) is 0.246. The molecule has 8 nitrogen and oxygen atoms in total. The highest BCUT2D eigenvalue weighted by Gasteiger charge is 2.35. The second kappa shape index (κ2) is 9.43. The van der Waals surface area contributed by atoms with Crippen molar-refractivity contribution in [1.82, 2.24) is 5.32 Å². The van der Waals surface area contributed by atoms with Crippen LogP contribution >= 0.6 is 34.8 Å². The molecule has 0 aromatic heterocycles. The second-order valence-electron chi connectivity index (χ2n) is 6.46. The molecule has 31 heavy (non-hydrogen) atoms. The van der Waals surface area contributed by atoms with E-state index in [1.54, 1.807) is 24.3 Å². The number of carboxylic acid groups (broad SMARTS) is 1. The number of aliphatic carboxylic acids is 1. The van der Waals surface area contributed by atoms with Gasteiger partial charge in [-0.3, -0.25) is 19.8 Å². The molecule has 1 aliphatic rings. The number of anilines is 1. The number of carboxylic acids is 1. The Balaban J connectivity index is 2.01. The van der Waals surface area contributed by atoms with Gasteiger partial charge in [0.05, 0.1) is 16.4 Å². The van der Waals surface area contributed by atoms with Crippen molar-refractivity contribution in [1.29, 1.82) is 0 Å². The van der Waals surface area contributed by atoms with E-state index in [4.69, 9.17) is 26.8 Å². The number of halogens is 1. The summed E-state index contributed by atoms with van der Waals surface area (Å²) in [6.07, 6.45) is 1.43. The minimum atomic E-state index is -1.12. The first-order valence-corrected chi connectivity index (χ1v) is 10.4. The molecule has 1 fully saturated rings. The van der Waals surface area contributed by atoms with E-state index in [9.17, 15) is 14.4 Å². The monoisotopic (exact) mass is 552 g/mol. The molecule has 0 bridgehead atoms. The number of rotatable bonds is 6. The number of benzene rings is 2. The first-order chi connectivity index (χ1) is 14.7. The van der Waals surface area contributed by atoms with Gasteiger partial charge in [0.1, 0.15) is 5.57 Å². The number of aryl methyl sites for hydroxylation is 1. The summed E-state index contributed by atoms with van der Waals surface area (Å²) in [6, 6.07) is 10.4. The largest absolute Gasteiger partial charge is 0.493 e. The van der Waals surface area contributed by atoms with Crippen LogP contribution in [0, 0.1) is 10.5 Å². The van der Waals surface area contributed by atoms with Crippen LogP contribution in [0.25, 0.3) is 6.08 Å². The molecular weight excluding hydrogens is 535 g/mol. The number of carbonyl (C=O) groups excluding carboxylic acids is 2. The van der Waals surface area contributed by atoms with Gasteiger partial charge in [0, 0.05) is 0 Å². The molecule has 2 amide bonds. The molecule has 1 saturated heterocycles. The van der Waals surface area contributed by atoms with Crippen LogP contribution in [0.3, 0.4) is 0 Å². The van der Waals surface area contributed by atoms with Crippen LogP contribution in [0.1, 0.15) is 11.1 Å². The Kier molecular flexibility index (Phi) is 6.91. The highest BCUT2D eigenvalue weighted by atomic mass is 127. The van der Waals surface area contributed by atoms with Gasteiger partial charge in [-0.05, 0) is 77.1 Å². The lowest BCUT2D eigenvalue weighted by Crippen LogP contribution is -2.54. The minimum Gasteiger partial charge on any atom is -0.493 e. The van der Waals surface area contributed by atoms with Gasteiger partial charge in [-0.2, -0.15) is 0 Å². The lowest BCUT2D eigenvalue weighted by molar-refractivity contribution is -0.139. The van der Waals surface area contributed by atoms with Crippen molar-refractivity contribution >= 4 is 69.5 Å². The molecule has 0 saturated carbocycles. The van der Waals surface area contributed by atoms with E-state index < -0.39 is 24.4 Å². The summed E-state index contributed by atoms with van der Waals surface area (Å²) < 4.78 is 11.1. The van der Waals surface area contributed by atoms with Crippen LogP contribution in [0.4, 0.5) is 5.69 Å². The van der Waals surface area contributed by atoms with Crippen molar-refractivity contribution in [2.45, 2.75) is 6.92 Å². The number of ether oxygens (including phenoxy) is 2. The predicted molar refractivity (Wildman–Crippen MR) is 126 cm³/mol. The standard InChI is InChI=1S/C21H17IN2O6S/c1-11-5-3-4-6-15(11)24-20(28)13(19(27)23-21(24)31)7-12-8-14(22)18(16(9-12)29-2)30-10-17(25)26/h3-9H,10H2,1-2H3,(H,25,26)(H,23,27,31)/b13-7+. The Hall–Kier alpha value is -2.99. The molecular formula is C21H17IN2O6S. The summed E-state index contributed by atoms with van der Waals surface area (Å²) >= 11 is 7.19. The average molecular weight is 552 g/mol. The fraction of sp³-hybridized carbons (Fsp3) is 0.143. The van der Waals surface area contributed by atoms with Gasteiger partial charge in [0.2, 0.25) is 0 Å². The van der Waals surface area contributed by atoms with Crippen molar-refractivity contribution in [2.24, 2.45) is 0 Å². The number of hydrogen-bond acceptors (Lipinski definition) is 6. The lowest BCUT2D eigenvalue weighted by atomic mass is 10.1. The third-order valence-corrected chi connectivity index (χ3v) is 5.45. The van der Waals surface area contributed by atoms with Crippen LogP contribution in [0.5, 0.6) is 11.5 Å². The van der Waals surface area contributed by atoms with Crippen molar-refractivity contribution in [3.8, 4) is 11.5 Å². The number of thiocarbonyl (C=S) groups is 1. The molecule has 0 unspecified atom stereocenters. The van der Waals surface area contributed by atoms with E-state index in [-0.39, 0.29) is 22.2 Å². The maximum Gasteiger partial charge on any atom is 0.341 e. The Morgan fingerprint density at radius 2 is 2.00 bits per heavy atom. The topological polar surface area (TPSA) is 105 Å². The van der Waals surface area contributed by atoms with Gasteiger partial charge in [-0.1, -0.05) is 18.2 Å². The molecule has 0 radical (unpaired) electrons. The van der Waals surface area contributed by atoms with Crippen molar-refractivity contribution in [2.75, 3.05) is 18.6 Å². The van der Waals surface area contributed by atoms with Gasteiger partial charge in [-0.15, -0.1) is 0 Å². The highest BCUT2D eigenvalue weighted by Crippen LogP contribution is 2.35. The van der Waals surface area contributed by atoms with Crippen LogP contribution < -0.4 is 19.7 Å². The Morgan fingerprint density at radius 1 is 1.29 bits per heavy atom. The molecule has 3 rings (SSSR count). The fourth-order valence-corrected chi connectivity index (χ4v) is 4.01. The molecule has 2 N–H and O–H groups in total. The van der Waals surface area contributed by atoms with Gasteiger partial charge in [-0.25, -0.2) is 4.79 Å². The smallest absolute Gasteiger partial charge is 0.341 e. The molecule has 1 heterocycles. The number of nitrogens with one attached hydrogen (secondary N) is 1. The molecule has 10 heteroatoms. The Labute approximate surface area is 197 Å². The van der Waals surface area contributed by atoms with E-state index >= 15 is 0 Å². The number of carbonyl (C=O) groups is 3. The fourth-order valence-electron chi connectivity index (χ4n) is 2.95. The van der Waals surface area contributed by atoms with E-state index in [2.05, 4.69) is 5.32 Å². The summed E-state index contributed by atoms with van der Waals surface area (Å²) in [4.78, 5) is 37.8. The van der Waals surface area contributed by atoms with Gasteiger partial charge in [0.15, 0.2) is 23.2 Å². The molecule has 1 aliphatic heterocycles. The highest BCUT2D eigenvalue weighted by molar-refractivity contribution is 14.1. The summed E-state index contributed by atoms with van der Waals surface area (Å²) in [5, 5.41) is 11.4. The first kappa shape index (κ1) is 22.7. The van der Waals surface area contributed by atoms with Crippen LogP contribution in [-0.4, -0.2) is 41.7 Å². The summed E-state index contributed by atoms with van der Waals surface area (Å²) in [5.41, 5.74) is 1.80. The third kappa shape index (κ3) is 4.85. The lowest BCUT2D eigenvalue weighted by Gasteiger charge is -2.30. The SMILES string of the molecule is COc1cc(/C=C2\C(=O)NC(=S)N(c3ccccc3C)C2=O)cc(I)c1OCC(=O)O. The van der Waals surface area contributed by atoms with Gasteiger partial charge < -0.3 is 14.6 Å². The van der Waals surface area contributed by atoms with Crippen LogP contribution in [0.2, 0.25) is 0 Å². The summed E-state index contributed by atoms with van der Waals surface area (Å²) in [5.74, 6) is -1.76. The van der Waals surface area contributed by atoms with E-state index in [1.807, 2.05) is 41.6 Å². The van der Waals surface area contributed by atoms with Crippen molar-refractivity contribution < 1.29 is 29.0 Å². The number of methoxy groups -OCH3 is 1. The van der Waals surface area contributed by atoms with E-state index in [0.717, 1.165) is 5.56 Å². The molecule has 0 aliphatic carbocycles. The van der Waals surface area contributed by atoms with E-state index in [1.165, 1.54) is 18.1 Å². The Morgan fingerprint density at radius 3 is 2.65 bits per heavy atom. The van der Waals surface area contributed by atoms with Crippen molar-refractivity contribution in [3.05, 3.63) is 56.7 Å². The van der Waals surface area contributed by atoms with Gasteiger partial charge >= 0.3 is 5.97 Å². The number of nitrogens with zero attached hydrogens (tertiary/aromatic N) is 1. The minimum absolute atomic E-state index is 0.00558. The molecule has 2 aromatic rings. The third-order valence-electron chi connectivity index (χ3n) is 4.36. The zero-order valence-corrected chi connectivity index (χ0v) is 19.4. The normalized spacial score (nSPS) is 15.1. The van der Waals surface area contributed by atoms with Gasteiger partial charge in [0.25, 0.3) is 11.8 Å². The molecule has 0 atom stereocenters. The second-order valence-corrected chi connectivity index (χ2v) is 8.01. The number of amides is 2.